The molecule has 1 saturated heterocycles. The summed E-state index contributed by atoms with van der Waals surface area (Å²) in [5.41, 5.74) is 0.943. The molecule has 1 unspecified atom stereocenters. The number of hydrogen-bond acceptors (Lipinski definition) is 10. The molecule has 31 heavy (non-hydrogen) atoms. The number of rotatable bonds is 8. The molecule has 168 valence electrons. The number of aliphatic hydroxyl groups excluding tert-OH is 4. The van der Waals surface area contributed by atoms with Crippen molar-refractivity contribution in [3.8, 4) is 17.4 Å². The Hall–Kier alpha value is -2.76. The number of aromatic hydroxyl groups is 1. The third-order valence-electron chi connectivity index (χ3n) is 5.02. The van der Waals surface area contributed by atoms with Gasteiger partial charge in [0.25, 0.3) is 0 Å². The molecular weight excluding hydrogens is 410 g/mol. The van der Waals surface area contributed by atoms with Gasteiger partial charge in [-0.05, 0) is 24.1 Å². The van der Waals surface area contributed by atoms with Gasteiger partial charge < -0.3 is 39.7 Å². The average Bonchev–Trinajstić information content (AvgIpc) is 2.78. The summed E-state index contributed by atoms with van der Waals surface area (Å²) in [5, 5.41) is 49.1. The molecule has 1 fully saturated rings. The normalized spacial score (nSPS) is 25.8. The third-order valence-corrected chi connectivity index (χ3v) is 5.02. The molecule has 1 aromatic heterocycles. The summed E-state index contributed by atoms with van der Waals surface area (Å²) in [6.45, 7) is -0.590. The van der Waals surface area contributed by atoms with Gasteiger partial charge in [-0.2, -0.15) is 0 Å². The zero-order valence-corrected chi connectivity index (χ0v) is 16.8. The molecule has 0 aliphatic carbocycles. The maximum atomic E-state index is 12.5. The van der Waals surface area contributed by atoms with Gasteiger partial charge in [0.1, 0.15) is 35.9 Å². The third kappa shape index (κ3) is 5.30. The molecule has 0 spiro atoms. The summed E-state index contributed by atoms with van der Waals surface area (Å²) < 4.78 is 15.7. The first-order valence-corrected chi connectivity index (χ1v) is 9.66. The van der Waals surface area contributed by atoms with Gasteiger partial charge >= 0.3 is 0 Å². The Bertz CT molecular complexity index is 887. The first kappa shape index (κ1) is 22.9. The van der Waals surface area contributed by atoms with Gasteiger partial charge in [0.2, 0.25) is 12.2 Å². The van der Waals surface area contributed by atoms with Crippen LogP contribution in [0.25, 0.3) is 0 Å². The number of hydrogen-bond donors (Lipinski definition) is 5. The number of carbonyl (C=O) groups is 1. The molecule has 10 heteroatoms. The van der Waals surface area contributed by atoms with Gasteiger partial charge in [-0.1, -0.05) is 6.07 Å². The number of carbonyl (C=O) groups excluding carboxylic acids is 1. The Kier molecular flexibility index (Phi) is 7.42. The van der Waals surface area contributed by atoms with Crippen molar-refractivity contribution in [1.82, 2.24) is 4.98 Å². The van der Waals surface area contributed by atoms with E-state index in [2.05, 4.69) is 4.98 Å². The smallest absolute Gasteiger partial charge is 0.229 e. The highest BCUT2D eigenvalue weighted by atomic mass is 16.7. The van der Waals surface area contributed by atoms with Crippen molar-refractivity contribution in [1.29, 1.82) is 0 Å². The van der Waals surface area contributed by atoms with Crippen molar-refractivity contribution in [2.75, 3.05) is 13.7 Å². The van der Waals surface area contributed by atoms with E-state index in [1.807, 2.05) is 0 Å². The highest BCUT2D eigenvalue weighted by Crippen LogP contribution is 2.29. The predicted molar refractivity (Wildman–Crippen MR) is 106 cm³/mol. The zero-order chi connectivity index (χ0) is 22.5. The van der Waals surface area contributed by atoms with Crippen LogP contribution in [0.15, 0.2) is 36.5 Å². The highest BCUT2D eigenvalue weighted by molar-refractivity contribution is 5.98. The highest BCUT2D eigenvalue weighted by Gasteiger charge is 2.44. The molecule has 0 amide bonds. The number of aliphatic hydroxyl groups is 4. The molecule has 5 atom stereocenters. The van der Waals surface area contributed by atoms with Gasteiger partial charge in [0.05, 0.1) is 19.3 Å². The van der Waals surface area contributed by atoms with Crippen LogP contribution in [-0.2, 0) is 11.2 Å². The Balaban J connectivity index is 1.63. The van der Waals surface area contributed by atoms with E-state index < -0.39 is 37.3 Å². The fourth-order valence-corrected chi connectivity index (χ4v) is 3.19. The monoisotopic (exact) mass is 435 g/mol. The number of pyridine rings is 1. The molecule has 1 aliphatic rings. The maximum absolute atomic E-state index is 12.5. The Morgan fingerprint density at radius 2 is 1.90 bits per heavy atom. The molecular formula is C21H25NO9. The summed E-state index contributed by atoms with van der Waals surface area (Å²) >= 11 is 0. The lowest BCUT2D eigenvalue weighted by molar-refractivity contribution is -0.277. The number of aryl methyl sites for hydroxylation is 1. The van der Waals surface area contributed by atoms with Gasteiger partial charge in [0, 0.05) is 24.8 Å². The van der Waals surface area contributed by atoms with Crippen molar-refractivity contribution in [3.05, 3.63) is 47.7 Å². The fraction of sp³-hybridized carbons (Fsp3) is 0.429. The van der Waals surface area contributed by atoms with E-state index in [1.165, 1.54) is 25.3 Å². The van der Waals surface area contributed by atoms with Crippen LogP contribution < -0.4 is 9.47 Å². The second-order valence-corrected chi connectivity index (χ2v) is 7.13. The number of benzene rings is 1. The van der Waals surface area contributed by atoms with Gasteiger partial charge in [-0.3, -0.25) is 4.79 Å². The second kappa shape index (κ2) is 10.0. The molecule has 1 aliphatic heterocycles. The quantitative estimate of drug-likeness (QED) is 0.351. The van der Waals surface area contributed by atoms with Crippen LogP contribution in [0.5, 0.6) is 17.4 Å². The van der Waals surface area contributed by atoms with Crippen LogP contribution in [0.4, 0.5) is 0 Å². The number of phenols is 1. The Morgan fingerprint density at radius 3 is 2.52 bits per heavy atom. The van der Waals surface area contributed by atoms with Crippen LogP contribution in [-0.4, -0.2) is 80.7 Å². The zero-order valence-electron chi connectivity index (χ0n) is 16.8. The Morgan fingerprint density at radius 1 is 1.13 bits per heavy atom. The molecule has 0 radical (unpaired) electrons. The van der Waals surface area contributed by atoms with Gasteiger partial charge in [-0.25, -0.2) is 4.98 Å². The van der Waals surface area contributed by atoms with Crippen molar-refractivity contribution in [3.63, 3.8) is 0 Å². The van der Waals surface area contributed by atoms with E-state index in [4.69, 9.17) is 14.2 Å². The minimum atomic E-state index is -1.59. The van der Waals surface area contributed by atoms with Crippen LogP contribution in [0.2, 0.25) is 0 Å². The summed E-state index contributed by atoms with van der Waals surface area (Å²) in [7, 11) is 1.51. The van der Waals surface area contributed by atoms with E-state index in [0.29, 0.717) is 12.3 Å². The number of ketones is 1. The predicted octanol–water partition coefficient (Wildman–Crippen LogP) is -0.210. The molecule has 0 saturated carbocycles. The summed E-state index contributed by atoms with van der Waals surface area (Å²) in [4.78, 5) is 16.6. The number of aromatic nitrogens is 1. The van der Waals surface area contributed by atoms with Crippen LogP contribution in [0, 0.1) is 0 Å². The van der Waals surface area contributed by atoms with E-state index in [-0.39, 0.29) is 29.3 Å². The molecule has 5 N–H and O–H groups in total. The first-order valence-electron chi connectivity index (χ1n) is 9.66. The van der Waals surface area contributed by atoms with E-state index in [1.54, 1.807) is 18.3 Å². The Labute approximate surface area is 178 Å². The van der Waals surface area contributed by atoms with E-state index in [9.17, 15) is 30.3 Å². The number of ether oxygens (including phenoxy) is 3. The van der Waals surface area contributed by atoms with Crippen LogP contribution in [0.1, 0.15) is 22.3 Å². The van der Waals surface area contributed by atoms with Gasteiger partial charge in [0.15, 0.2) is 5.78 Å². The van der Waals surface area contributed by atoms with Crippen molar-refractivity contribution < 1.29 is 44.5 Å². The number of Topliss-reactive ketones (excluding diaryl/α,β-unsaturated/α-hetero) is 1. The van der Waals surface area contributed by atoms with Crippen molar-refractivity contribution in [2.24, 2.45) is 0 Å². The molecule has 2 aromatic rings. The first-order chi connectivity index (χ1) is 14.8. The van der Waals surface area contributed by atoms with Gasteiger partial charge in [-0.15, -0.1) is 0 Å². The summed E-state index contributed by atoms with van der Waals surface area (Å²) in [6.07, 6.45) is -4.99. The van der Waals surface area contributed by atoms with Crippen LogP contribution >= 0.6 is 0 Å². The van der Waals surface area contributed by atoms with Crippen LogP contribution in [0.3, 0.4) is 0 Å². The maximum Gasteiger partial charge on any atom is 0.229 e. The average molecular weight is 435 g/mol. The topological polar surface area (TPSA) is 159 Å². The molecule has 2 heterocycles. The second-order valence-electron chi connectivity index (χ2n) is 7.13. The van der Waals surface area contributed by atoms with Crippen molar-refractivity contribution >= 4 is 5.78 Å². The molecule has 1 aromatic carbocycles. The number of phenolic OH excluding ortho intramolecular Hbond substituents is 1. The summed E-state index contributed by atoms with van der Waals surface area (Å²) in [5.74, 6) is -0.0619. The standard InChI is InChI=1S/C21H25NO9/c1-29-17-7-3-11(9-22-17)2-6-14(24)13-5-4-12(8-15(13)25)30-21-20(28)19(27)18(26)16(10-23)31-21/h3-5,7-9,16,18-21,23,25-28H,2,6,10H2,1H3/t16-,18-,19-,20+,21?/m1/s1. The molecule has 3 rings (SSSR count). The minimum absolute atomic E-state index is 0.0673. The largest absolute Gasteiger partial charge is 0.507 e. The molecule has 0 bridgehead atoms. The lowest BCUT2D eigenvalue weighted by atomic mass is 9.99. The summed E-state index contributed by atoms with van der Waals surface area (Å²) in [6, 6.07) is 7.47. The lowest BCUT2D eigenvalue weighted by Gasteiger charge is -2.39. The SMILES string of the molecule is COc1ccc(CCC(=O)c2ccc(OC3O[C@H](CO)[C@@H](O)[C@@H](O)[C@@H]3O)cc2O)cn1. The number of nitrogens with zero attached hydrogens (tertiary/aromatic N) is 1. The fourth-order valence-electron chi connectivity index (χ4n) is 3.19. The van der Waals surface area contributed by atoms with E-state index >= 15 is 0 Å². The minimum Gasteiger partial charge on any atom is -0.507 e. The molecule has 10 nitrogen and oxygen atoms in total. The number of methoxy groups -OCH3 is 1. The van der Waals surface area contributed by atoms with E-state index in [0.717, 1.165) is 5.56 Å². The van der Waals surface area contributed by atoms with Crippen molar-refractivity contribution in [2.45, 2.75) is 43.5 Å². The lowest BCUT2D eigenvalue weighted by Crippen LogP contribution is -2.60.